The molecule has 3 aliphatic heterocycles. The molecular weight excluding hydrogens is 621 g/mol. The van der Waals surface area contributed by atoms with Crippen molar-refractivity contribution in [1.29, 1.82) is 0 Å². The van der Waals surface area contributed by atoms with E-state index in [2.05, 4.69) is 68.4 Å². The number of aromatic nitrogens is 3. The van der Waals surface area contributed by atoms with Crippen molar-refractivity contribution in [3.63, 3.8) is 0 Å². The van der Waals surface area contributed by atoms with Gasteiger partial charge in [0.15, 0.2) is 5.65 Å². The van der Waals surface area contributed by atoms with Crippen molar-refractivity contribution in [3.8, 4) is 22.4 Å². The number of carbonyl (C=O) groups excluding carboxylic acids is 1. The van der Waals surface area contributed by atoms with E-state index in [1.807, 2.05) is 30.2 Å². The Kier molecular flexibility index (Phi) is 6.26. The molecule has 7 rings (SSSR count). The largest absolute Gasteiger partial charge is 0.380 e. The van der Waals surface area contributed by atoms with E-state index in [-0.39, 0.29) is 11.3 Å². The molecule has 2 aromatic heterocycles. The number of benzene rings is 2. The lowest BCUT2D eigenvalue weighted by Crippen LogP contribution is -2.67. The highest BCUT2D eigenvalue weighted by Crippen LogP contribution is 2.39. The number of nitrogens with zero attached hydrogens (tertiary/aromatic N) is 5. The normalized spacial score (nSPS) is 18.2. The van der Waals surface area contributed by atoms with Crippen LogP contribution in [-0.4, -0.2) is 69.5 Å². The monoisotopic (exact) mass is 651 g/mol. The Balaban J connectivity index is 1.25. The third kappa shape index (κ3) is 4.29. The number of fused-ring (bicyclic) bond motifs is 2. The molecule has 0 saturated carbocycles. The van der Waals surface area contributed by atoms with E-state index in [1.165, 1.54) is 16.7 Å². The molecule has 0 N–H and O–H groups in total. The molecule has 0 atom stereocenters. The fourth-order valence-corrected chi connectivity index (χ4v) is 7.54. The Labute approximate surface area is 244 Å². The van der Waals surface area contributed by atoms with Crippen molar-refractivity contribution >= 4 is 47.4 Å². The molecule has 2 aromatic carbocycles. The van der Waals surface area contributed by atoms with Crippen LogP contribution in [0.15, 0.2) is 42.7 Å². The van der Waals surface area contributed by atoms with E-state index in [1.54, 1.807) is 9.12 Å². The van der Waals surface area contributed by atoms with Crippen LogP contribution in [0.5, 0.6) is 0 Å². The van der Waals surface area contributed by atoms with Crippen LogP contribution in [0, 0.1) is 19.3 Å². The van der Waals surface area contributed by atoms with Crippen molar-refractivity contribution < 1.29 is 9.53 Å². The minimum absolute atomic E-state index is 0.109. The second-order valence-corrected chi connectivity index (χ2v) is 13.2. The molecule has 2 fully saturated rings. The molecule has 7 nitrogen and oxygen atoms in total. The van der Waals surface area contributed by atoms with E-state index in [0.717, 1.165) is 90.5 Å². The van der Waals surface area contributed by atoms with Crippen molar-refractivity contribution in [1.82, 2.24) is 23.7 Å². The first kappa shape index (κ1) is 25.5. The fraction of sp³-hybridized carbons (Fsp3) is 0.367. The van der Waals surface area contributed by atoms with Crippen molar-refractivity contribution in [2.24, 2.45) is 5.41 Å². The van der Waals surface area contributed by atoms with Crippen LogP contribution >= 0.6 is 30.3 Å². The Hall–Kier alpha value is -2.47. The standard InChI is InChI=1S/C30H30IN5O2S/c1-18-9-21(10-22-12-34(3)7-6-23(18)22)26-11-32-28-27(33-26)25(13-36(28)39-31)20-4-5-24(19(2)8-20)29(37)35-14-30(15-35)16-38-17-30/h4-5,8-11,13H,6-7,12,14-17H2,1-3H3. The van der Waals surface area contributed by atoms with Gasteiger partial charge in [0.05, 0.1) is 30.5 Å². The number of ether oxygens (including phenoxy) is 1. The van der Waals surface area contributed by atoms with Crippen LogP contribution < -0.4 is 0 Å². The molecule has 1 amide bonds. The predicted octanol–water partition coefficient (Wildman–Crippen LogP) is 5.69. The number of likely N-dealkylation sites (tertiary alicyclic amines) is 1. The van der Waals surface area contributed by atoms with Gasteiger partial charge in [0.25, 0.3) is 5.91 Å². The Bertz CT molecular complexity index is 1640. The zero-order chi connectivity index (χ0) is 26.9. The van der Waals surface area contributed by atoms with Crippen LogP contribution in [0.4, 0.5) is 0 Å². The minimum Gasteiger partial charge on any atom is -0.380 e. The first-order chi connectivity index (χ1) is 18.8. The molecule has 9 heteroatoms. The maximum Gasteiger partial charge on any atom is 0.254 e. The van der Waals surface area contributed by atoms with Gasteiger partial charge in [-0.25, -0.2) is 9.97 Å². The molecule has 4 aromatic rings. The molecule has 200 valence electrons. The van der Waals surface area contributed by atoms with Gasteiger partial charge >= 0.3 is 0 Å². The van der Waals surface area contributed by atoms with Gasteiger partial charge in [-0.05, 0) is 73.3 Å². The average Bonchev–Trinajstić information content (AvgIpc) is 3.24. The summed E-state index contributed by atoms with van der Waals surface area (Å²) in [5.74, 6) is 0.109. The number of hydrogen-bond donors (Lipinski definition) is 0. The third-order valence-corrected chi connectivity index (χ3v) is 10.2. The van der Waals surface area contributed by atoms with Crippen molar-refractivity contribution in [2.45, 2.75) is 26.8 Å². The number of carbonyl (C=O) groups is 1. The molecule has 0 unspecified atom stereocenters. The number of halogens is 1. The van der Waals surface area contributed by atoms with Crippen molar-refractivity contribution in [2.75, 3.05) is 39.9 Å². The average molecular weight is 652 g/mol. The summed E-state index contributed by atoms with van der Waals surface area (Å²) < 4.78 is 7.42. The molecule has 39 heavy (non-hydrogen) atoms. The molecule has 0 aliphatic carbocycles. The minimum atomic E-state index is 0.109. The van der Waals surface area contributed by atoms with E-state index in [4.69, 9.17) is 14.7 Å². The smallest absolute Gasteiger partial charge is 0.254 e. The summed E-state index contributed by atoms with van der Waals surface area (Å²) >= 11 is 2.28. The van der Waals surface area contributed by atoms with Gasteiger partial charge in [-0.3, -0.25) is 8.77 Å². The van der Waals surface area contributed by atoms with Crippen molar-refractivity contribution in [3.05, 3.63) is 70.5 Å². The van der Waals surface area contributed by atoms with E-state index < -0.39 is 0 Å². The third-order valence-electron chi connectivity index (χ3n) is 8.51. The van der Waals surface area contributed by atoms with Gasteiger partial charge in [0.1, 0.15) is 5.52 Å². The second-order valence-electron chi connectivity index (χ2n) is 11.5. The van der Waals surface area contributed by atoms with Crippen LogP contribution in [0.2, 0.25) is 0 Å². The zero-order valence-corrected chi connectivity index (χ0v) is 25.3. The van der Waals surface area contributed by atoms with Gasteiger partial charge in [0.2, 0.25) is 0 Å². The fourth-order valence-electron chi connectivity index (χ4n) is 6.30. The lowest BCUT2D eigenvalue weighted by Gasteiger charge is -2.55. The molecular formula is C30H30IN5O2S. The summed E-state index contributed by atoms with van der Waals surface area (Å²) in [6, 6.07) is 10.7. The zero-order valence-electron chi connectivity index (χ0n) is 22.3. The molecule has 1 spiro atoms. The topological polar surface area (TPSA) is 63.5 Å². The van der Waals surface area contributed by atoms with Crippen LogP contribution in [0.3, 0.4) is 0 Å². The maximum absolute atomic E-state index is 13.2. The molecule has 0 bridgehead atoms. The highest BCUT2D eigenvalue weighted by atomic mass is 127. The number of rotatable bonds is 4. The number of amides is 1. The Morgan fingerprint density at radius 1 is 1.10 bits per heavy atom. The lowest BCUT2D eigenvalue weighted by atomic mass is 9.77. The molecule has 3 aliphatic rings. The van der Waals surface area contributed by atoms with E-state index in [0.29, 0.717) is 0 Å². The molecule has 5 heterocycles. The van der Waals surface area contributed by atoms with Gasteiger partial charge in [-0.15, -0.1) is 0 Å². The summed E-state index contributed by atoms with van der Waals surface area (Å²) in [6.07, 6.45) is 5.08. The summed E-state index contributed by atoms with van der Waals surface area (Å²) in [6.45, 7) is 9.44. The summed E-state index contributed by atoms with van der Waals surface area (Å²) in [5.41, 5.74) is 11.9. The first-order valence-electron chi connectivity index (χ1n) is 13.3. The van der Waals surface area contributed by atoms with E-state index in [9.17, 15) is 4.79 Å². The van der Waals surface area contributed by atoms with Crippen LogP contribution in [-0.2, 0) is 17.7 Å². The quantitative estimate of drug-likeness (QED) is 0.265. The Morgan fingerprint density at radius 3 is 2.62 bits per heavy atom. The highest BCUT2D eigenvalue weighted by molar-refractivity contribution is 14.2. The van der Waals surface area contributed by atoms with Crippen LogP contribution in [0.25, 0.3) is 33.5 Å². The molecule has 2 saturated heterocycles. The lowest BCUT2D eigenvalue weighted by molar-refractivity contribution is -0.176. The number of hydrogen-bond acceptors (Lipinski definition) is 6. The van der Waals surface area contributed by atoms with Gasteiger partial charge in [-0.1, -0.05) is 12.1 Å². The SMILES string of the molecule is Cc1cc(-c2cn(SI)c3ncc(-c4cc(C)c5c(c4)CN(C)CC5)nc23)ccc1C(=O)N1CC2(COC2)C1. The summed E-state index contributed by atoms with van der Waals surface area (Å²) in [7, 11) is 3.76. The van der Waals surface area contributed by atoms with E-state index >= 15 is 0 Å². The highest BCUT2D eigenvalue weighted by Gasteiger charge is 2.50. The summed E-state index contributed by atoms with van der Waals surface area (Å²) in [4.78, 5) is 27.5. The maximum atomic E-state index is 13.2. The predicted molar refractivity (Wildman–Crippen MR) is 164 cm³/mol. The number of aryl methyl sites for hydroxylation is 2. The van der Waals surface area contributed by atoms with Gasteiger partial charge in [-0.2, -0.15) is 0 Å². The Morgan fingerprint density at radius 2 is 1.90 bits per heavy atom. The number of likely N-dealkylation sites (N-methyl/N-ethyl adjacent to an activating group) is 1. The van der Waals surface area contributed by atoms with Crippen LogP contribution in [0.1, 0.15) is 32.6 Å². The van der Waals surface area contributed by atoms with Gasteiger partial charge in [0, 0.05) is 79.4 Å². The van der Waals surface area contributed by atoms with Gasteiger partial charge < -0.3 is 14.5 Å². The first-order valence-corrected chi connectivity index (χ1v) is 16.6. The second kappa shape index (κ2) is 9.57. The molecule has 0 radical (unpaired) electrons. The summed E-state index contributed by atoms with van der Waals surface area (Å²) in [5, 5.41) is 0.